The van der Waals surface area contributed by atoms with Gasteiger partial charge in [-0.3, -0.25) is 9.69 Å². The van der Waals surface area contributed by atoms with Crippen molar-refractivity contribution in [1.82, 2.24) is 9.55 Å². The van der Waals surface area contributed by atoms with E-state index in [0.29, 0.717) is 16.2 Å². The zero-order valence-corrected chi connectivity index (χ0v) is 19.1. The number of hydrogen-bond acceptors (Lipinski definition) is 4. The standard InChI is InChI=1S/C24H21F5N6O/c1-14-11-34(13-32-14)22-6-3-15(9-18(22)26)20(33-30)10-31-19-5-2-16-8-17(25)4-7-21(16)35(23(19)36)12-24(27,28)29/h3-4,6-11,13,19,30-31H,2,5,12H2,1H3/p+1/b20-10-,33-30?. The number of hydrogen-bond donors (Lipinski definition) is 2. The van der Waals surface area contributed by atoms with Gasteiger partial charge < -0.3 is 9.88 Å². The lowest BCUT2D eigenvalue weighted by molar-refractivity contribution is -0.612. The maximum absolute atomic E-state index is 14.8. The second-order valence-electron chi connectivity index (χ2n) is 8.40. The Morgan fingerprint density at radius 2 is 1.97 bits per heavy atom. The van der Waals surface area contributed by atoms with Crippen LogP contribution in [0.4, 0.5) is 27.6 Å². The van der Waals surface area contributed by atoms with Crippen molar-refractivity contribution >= 4 is 17.3 Å². The third-order valence-electron chi connectivity index (χ3n) is 5.82. The van der Waals surface area contributed by atoms with Crippen molar-refractivity contribution in [3.63, 3.8) is 0 Å². The molecule has 188 valence electrons. The van der Waals surface area contributed by atoms with E-state index in [-0.39, 0.29) is 35.5 Å². The molecule has 0 bridgehead atoms. The summed E-state index contributed by atoms with van der Waals surface area (Å²) in [5.74, 6) is -2.02. The van der Waals surface area contributed by atoms with Crippen molar-refractivity contribution in [3.05, 3.63) is 83.6 Å². The minimum atomic E-state index is -4.67. The van der Waals surface area contributed by atoms with Gasteiger partial charge in [0.25, 0.3) is 5.91 Å². The fourth-order valence-electron chi connectivity index (χ4n) is 4.13. The Kier molecular flexibility index (Phi) is 6.97. The Morgan fingerprint density at radius 1 is 1.22 bits per heavy atom. The summed E-state index contributed by atoms with van der Waals surface area (Å²) < 4.78 is 69.8. The number of carbonyl (C=O) groups is 1. The highest BCUT2D eigenvalue weighted by Gasteiger charge is 2.40. The monoisotopic (exact) mass is 505 g/mol. The first-order chi connectivity index (χ1) is 17.1. The molecule has 0 spiro atoms. The molecule has 12 heteroatoms. The summed E-state index contributed by atoms with van der Waals surface area (Å²) >= 11 is 0. The van der Waals surface area contributed by atoms with E-state index in [1.807, 2.05) is 0 Å². The molecule has 3 N–H and O–H groups in total. The summed E-state index contributed by atoms with van der Waals surface area (Å²) in [5, 5.41) is 4.76. The number of nitrogens with one attached hydrogen (secondary N) is 1. The third kappa shape index (κ3) is 5.48. The first-order valence-electron chi connectivity index (χ1n) is 11.0. The predicted molar refractivity (Wildman–Crippen MR) is 120 cm³/mol. The molecule has 1 aliphatic rings. The van der Waals surface area contributed by atoms with Gasteiger partial charge >= 0.3 is 6.18 Å². The SMILES string of the molecule is Cc1cn(-c2ccc(/C(=C/[NH2+]C3CCc4cc(F)ccc4N(CC(F)(F)F)C3=O)N=N)cc2F)cn1. The molecule has 2 heterocycles. The van der Waals surface area contributed by atoms with Crippen LogP contribution in [-0.2, 0) is 11.2 Å². The van der Waals surface area contributed by atoms with Crippen molar-refractivity contribution < 1.29 is 32.1 Å². The minimum Gasteiger partial charge on any atom is -0.308 e. The van der Waals surface area contributed by atoms with Gasteiger partial charge in [0.2, 0.25) is 0 Å². The number of aromatic nitrogens is 2. The van der Waals surface area contributed by atoms with Crippen LogP contribution in [0.25, 0.3) is 11.4 Å². The Bertz CT molecular complexity index is 1330. The summed E-state index contributed by atoms with van der Waals surface area (Å²) in [6, 6.07) is 6.51. The highest BCUT2D eigenvalue weighted by molar-refractivity contribution is 5.97. The third-order valence-corrected chi connectivity index (χ3v) is 5.82. The van der Waals surface area contributed by atoms with Crippen LogP contribution in [0, 0.1) is 24.1 Å². The van der Waals surface area contributed by atoms with Gasteiger partial charge in [0.15, 0.2) is 6.04 Å². The lowest BCUT2D eigenvalue weighted by Gasteiger charge is -2.25. The molecule has 7 nitrogen and oxygen atoms in total. The van der Waals surface area contributed by atoms with Crippen LogP contribution in [0.5, 0.6) is 0 Å². The molecule has 0 saturated heterocycles. The second-order valence-corrected chi connectivity index (χ2v) is 8.40. The van der Waals surface area contributed by atoms with Crippen LogP contribution in [0.15, 0.2) is 60.2 Å². The van der Waals surface area contributed by atoms with E-state index in [2.05, 4.69) is 10.1 Å². The molecule has 1 atom stereocenters. The number of halogens is 5. The van der Waals surface area contributed by atoms with E-state index in [9.17, 15) is 26.7 Å². The second kappa shape index (κ2) is 9.97. The van der Waals surface area contributed by atoms with Gasteiger partial charge in [-0.1, -0.05) is 6.07 Å². The number of nitrogens with zero attached hydrogens (tertiary/aromatic N) is 4. The van der Waals surface area contributed by atoms with Gasteiger partial charge in [-0.15, -0.1) is 0 Å². The fraction of sp³-hybridized carbons (Fsp3) is 0.250. The topological polar surface area (TPSA) is 91.0 Å². The van der Waals surface area contributed by atoms with Gasteiger partial charge in [0, 0.05) is 23.9 Å². The number of anilines is 1. The molecular weight excluding hydrogens is 483 g/mol. The Morgan fingerprint density at radius 3 is 2.61 bits per heavy atom. The molecule has 1 aliphatic heterocycles. The number of quaternary nitrogens is 1. The number of amides is 1. The zero-order chi connectivity index (χ0) is 26.0. The minimum absolute atomic E-state index is 0.0106. The summed E-state index contributed by atoms with van der Waals surface area (Å²) in [4.78, 5) is 17.8. The van der Waals surface area contributed by atoms with Crippen LogP contribution < -0.4 is 10.2 Å². The summed E-state index contributed by atoms with van der Waals surface area (Å²) in [6.07, 6.45) is 0.0448. The fourth-order valence-corrected chi connectivity index (χ4v) is 4.13. The van der Waals surface area contributed by atoms with E-state index in [1.54, 1.807) is 13.1 Å². The molecule has 0 aliphatic carbocycles. The molecule has 0 fully saturated rings. The molecule has 1 amide bonds. The van der Waals surface area contributed by atoms with Crippen LogP contribution in [0.2, 0.25) is 0 Å². The maximum Gasteiger partial charge on any atom is 0.406 e. The van der Waals surface area contributed by atoms with Gasteiger partial charge in [0.05, 0.1) is 17.7 Å². The van der Waals surface area contributed by atoms with E-state index < -0.39 is 36.3 Å². The highest BCUT2D eigenvalue weighted by Crippen LogP contribution is 2.30. The number of aryl methyl sites for hydroxylation is 2. The predicted octanol–water partition coefficient (Wildman–Crippen LogP) is 4.26. The van der Waals surface area contributed by atoms with Gasteiger partial charge in [-0.25, -0.2) is 19.3 Å². The molecule has 1 unspecified atom stereocenters. The molecule has 0 saturated carbocycles. The number of alkyl halides is 3. The lowest BCUT2D eigenvalue weighted by atomic mass is 10.1. The van der Waals surface area contributed by atoms with Crippen molar-refractivity contribution in [1.29, 1.82) is 5.53 Å². The van der Waals surface area contributed by atoms with Crippen LogP contribution in [0.3, 0.4) is 0 Å². The average molecular weight is 505 g/mol. The van der Waals surface area contributed by atoms with Crippen molar-refractivity contribution in [2.75, 3.05) is 11.4 Å². The first kappa shape index (κ1) is 25.2. The zero-order valence-electron chi connectivity index (χ0n) is 19.1. The molecule has 3 aromatic rings. The maximum atomic E-state index is 14.8. The number of benzene rings is 2. The molecule has 0 radical (unpaired) electrons. The Hall–Kier alpha value is -3.93. The molecule has 36 heavy (non-hydrogen) atoms. The van der Waals surface area contributed by atoms with Crippen LogP contribution in [0.1, 0.15) is 23.2 Å². The molecular formula is C24H22F5N6O+. The quantitative estimate of drug-likeness (QED) is 0.387. The van der Waals surface area contributed by atoms with Crippen molar-refractivity contribution in [3.8, 4) is 5.69 Å². The lowest BCUT2D eigenvalue weighted by Crippen LogP contribution is -2.88. The van der Waals surface area contributed by atoms with E-state index in [0.717, 1.165) is 12.1 Å². The number of fused-ring (bicyclic) bond motifs is 1. The van der Waals surface area contributed by atoms with Crippen LogP contribution >= 0.6 is 0 Å². The largest absolute Gasteiger partial charge is 0.406 e. The average Bonchev–Trinajstić information content (AvgIpc) is 3.20. The number of carbonyl (C=O) groups excluding carboxylic acids is 1. The molecule has 4 rings (SSSR count). The van der Waals surface area contributed by atoms with E-state index in [1.165, 1.54) is 46.7 Å². The van der Waals surface area contributed by atoms with Gasteiger partial charge in [-0.05, 0) is 49.2 Å². The first-order valence-corrected chi connectivity index (χ1v) is 11.0. The van der Waals surface area contributed by atoms with Gasteiger partial charge in [-0.2, -0.15) is 18.3 Å². The number of imidazole rings is 1. The van der Waals surface area contributed by atoms with E-state index >= 15 is 0 Å². The summed E-state index contributed by atoms with van der Waals surface area (Å²) in [6.45, 7) is 0.243. The van der Waals surface area contributed by atoms with Crippen molar-refractivity contribution in [2.24, 2.45) is 5.11 Å². The number of rotatable bonds is 6. The van der Waals surface area contributed by atoms with Crippen molar-refractivity contribution in [2.45, 2.75) is 32.0 Å². The van der Waals surface area contributed by atoms with Gasteiger partial charge in [0.1, 0.15) is 30.1 Å². The Balaban J connectivity index is 1.59. The smallest absolute Gasteiger partial charge is 0.308 e. The van der Waals surface area contributed by atoms with Crippen LogP contribution in [-0.4, -0.2) is 34.2 Å². The number of nitrogens with two attached hydrogens (primary N) is 1. The normalized spacial score (nSPS) is 16.6. The molecule has 1 aromatic heterocycles. The summed E-state index contributed by atoms with van der Waals surface area (Å²) in [7, 11) is 0. The Labute approximate surface area is 202 Å². The molecule has 2 aromatic carbocycles. The highest BCUT2D eigenvalue weighted by atomic mass is 19.4. The summed E-state index contributed by atoms with van der Waals surface area (Å²) in [5.41, 5.74) is 9.01. The van der Waals surface area contributed by atoms with E-state index in [4.69, 9.17) is 5.53 Å².